The Kier molecular flexibility index (Phi) is 6.36. The van der Waals surface area contributed by atoms with Crippen LogP contribution >= 0.6 is 0 Å². The number of fused-ring (bicyclic) bond motifs is 7. The summed E-state index contributed by atoms with van der Waals surface area (Å²) >= 11 is 0. The molecule has 0 saturated heterocycles. The molecule has 4 nitrogen and oxygen atoms in total. The lowest BCUT2D eigenvalue weighted by molar-refractivity contribution is -0.230. The van der Waals surface area contributed by atoms with Gasteiger partial charge in [-0.3, -0.25) is 4.79 Å². The third kappa shape index (κ3) is 3.52. The van der Waals surface area contributed by atoms with E-state index < -0.39 is 0 Å². The molecular weight excluding hydrogens is 458 g/mol. The van der Waals surface area contributed by atoms with Crippen LogP contribution in [0.15, 0.2) is 29.5 Å². The molecule has 5 aliphatic carbocycles. The fourth-order valence-corrected chi connectivity index (χ4v) is 11.7. The van der Waals surface area contributed by atoms with E-state index in [9.17, 15) is 10.0 Å². The second kappa shape index (κ2) is 8.71. The van der Waals surface area contributed by atoms with Gasteiger partial charge in [0.25, 0.3) is 0 Å². The second-order valence-corrected chi connectivity index (χ2v) is 15.0. The zero-order valence-corrected chi connectivity index (χ0v) is 24.4. The van der Waals surface area contributed by atoms with Crippen molar-refractivity contribution in [3.63, 3.8) is 0 Å². The van der Waals surface area contributed by atoms with E-state index in [0.29, 0.717) is 36.2 Å². The molecule has 0 heterocycles. The SMILES string of the molecule is C=C(C)[C@@H]1CC[C@]2(/C=N/O)CC[C@]3(C)[C@H](CC[C@@H]4[C@@]5(C)CCC(=C)[C@](C)(COC(C)=O)[C@@H]5CC[C@]43C)[C@@H]12. The van der Waals surface area contributed by atoms with Gasteiger partial charge in [-0.1, -0.05) is 52.0 Å². The van der Waals surface area contributed by atoms with Gasteiger partial charge in [-0.15, -0.1) is 5.16 Å². The maximum absolute atomic E-state index is 11.8. The number of carbonyl (C=O) groups excluding carboxylic acids is 1. The highest BCUT2D eigenvalue weighted by Crippen LogP contribution is 2.77. The van der Waals surface area contributed by atoms with Crippen LogP contribution in [-0.4, -0.2) is 24.0 Å². The number of ether oxygens (including phenoxy) is 1. The van der Waals surface area contributed by atoms with Gasteiger partial charge in [0, 0.05) is 17.8 Å². The Bertz CT molecular complexity index is 1020. The molecule has 0 bridgehead atoms. The molecule has 5 saturated carbocycles. The summed E-state index contributed by atoms with van der Waals surface area (Å²) in [5.74, 6) is 2.67. The van der Waals surface area contributed by atoms with Gasteiger partial charge in [-0.2, -0.15) is 0 Å². The largest absolute Gasteiger partial charge is 0.465 e. The van der Waals surface area contributed by atoms with Gasteiger partial charge < -0.3 is 9.94 Å². The van der Waals surface area contributed by atoms with Gasteiger partial charge in [-0.25, -0.2) is 0 Å². The number of rotatable bonds is 4. The summed E-state index contributed by atoms with van der Waals surface area (Å²) < 4.78 is 5.69. The summed E-state index contributed by atoms with van der Waals surface area (Å²) in [4.78, 5) is 11.8. The van der Waals surface area contributed by atoms with E-state index in [0.717, 1.165) is 19.3 Å². The van der Waals surface area contributed by atoms with Gasteiger partial charge in [0.1, 0.15) is 6.61 Å². The fourth-order valence-electron chi connectivity index (χ4n) is 11.7. The normalized spacial score (nSPS) is 51.1. The quantitative estimate of drug-likeness (QED) is 0.137. The molecule has 4 heteroatoms. The van der Waals surface area contributed by atoms with Gasteiger partial charge in [0.2, 0.25) is 0 Å². The summed E-state index contributed by atoms with van der Waals surface area (Å²) in [6.07, 6.45) is 13.8. The molecular formula is C33H51NO3. The predicted octanol–water partition coefficient (Wildman–Crippen LogP) is 8.20. The Morgan fingerprint density at radius 2 is 1.73 bits per heavy atom. The molecule has 0 aliphatic heterocycles. The van der Waals surface area contributed by atoms with E-state index in [1.165, 1.54) is 63.0 Å². The Morgan fingerprint density at radius 1 is 1.00 bits per heavy atom. The second-order valence-electron chi connectivity index (χ2n) is 15.0. The average Bonchev–Trinajstić information content (AvgIpc) is 3.21. The molecule has 0 amide bonds. The number of nitrogens with zero attached hydrogens (tertiary/aromatic N) is 1. The van der Waals surface area contributed by atoms with Crippen LogP contribution in [0.25, 0.3) is 0 Å². The number of allylic oxidation sites excluding steroid dienone is 1. The first-order chi connectivity index (χ1) is 17.3. The lowest BCUT2D eigenvalue weighted by Gasteiger charge is -2.72. The van der Waals surface area contributed by atoms with E-state index in [-0.39, 0.29) is 33.0 Å². The number of oxime groups is 1. The van der Waals surface area contributed by atoms with Crippen molar-refractivity contribution in [1.29, 1.82) is 0 Å². The lowest BCUT2D eigenvalue weighted by atomic mass is 9.32. The highest BCUT2D eigenvalue weighted by molar-refractivity contribution is 5.67. The maximum atomic E-state index is 11.8. The molecule has 0 aromatic heterocycles. The van der Waals surface area contributed by atoms with Crippen molar-refractivity contribution in [1.82, 2.24) is 0 Å². The molecule has 37 heavy (non-hydrogen) atoms. The molecule has 10 atom stereocenters. The Balaban J connectivity index is 1.53. The minimum atomic E-state index is -0.185. The Labute approximate surface area is 225 Å². The summed E-state index contributed by atoms with van der Waals surface area (Å²) in [5, 5.41) is 13.4. The number of hydrogen-bond donors (Lipinski definition) is 1. The maximum Gasteiger partial charge on any atom is 0.302 e. The van der Waals surface area contributed by atoms with Crippen LogP contribution in [0, 0.1) is 56.7 Å². The Hall–Kier alpha value is -1.58. The number of hydrogen-bond acceptors (Lipinski definition) is 4. The molecule has 206 valence electrons. The van der Waals surface area contributed by atoms with Crippen molar-refractivity contribution in [3.8, 4) is 0 Å². The first kappa shape index (κ1) is 27.0. The highest BCUT2D eigenvalue weighted by Gasteiger charge is 2.70. The topological polar surface area (TPSA) is 58.9 Å². The predicted molar refractivity (Wildman–Crippen MR) is 149 cm³/mol. The zero-order chi connectivity index (χ0) is 27.0. The zero-order valence-electron chi connectivity index (χ0n) is 24.4. The third-order valence-corrected chi connectivity index (χ3v) is 13.8. The molecule has 0 radical (unpaired) electrons. The van der Waals surface area contributed by atoms with Crippen molar-refractivity contribution in [2.45, 2.75) is 106 Å². The van der Waals surface area contributed by atoms with Gasteiger partial charge in [0.05, 0.1) is 6.21 Å². The molecule has 0 unspecified atom stereocenters. The van der Waals surface area contributed by atoms with Crippen molar-refractivity contribution in [2.75, 3.05) is 6.61 Å². The van der Waals surface area contributed by atoms with Crippen molar-refractivity contribution < 1.29 is 14.7 Å². The standard InChI is InChI=1S/C33H51NO3/c1-21(2)24-12-16-33(19-34-36)18-17-31(7)25(28(24)33)9-10-27-29(5)14-11-22(3)30(6,20-37-23(4)35)26(29)13-15-32(27,31)8/h19,24-28,36H,1,3,9-18,20H2,2,4-8H3/b34-19+/t24-,25+,26+,27+,28+,29-,30-,31+,32+,33+/m0/s1. The Morgan fingerprint density at radius 3 is 2.38 bits per heavy atom. The van der Waals surface area contributed by atoms with Crippen molar-refractivity contribution in [2.24, 2.45) is 61.8 Å². The van der Waals surface area contributed by atoms with Gasteiger partial charge in [0.15, 0.2) is 0 Å². The van der Waals surface area contributed by atoms with Crippen LogP contribution in [0.2, 0.25) is 0 Å². The van der Waals surface area contributed by atoms with Gasteiger partial charge in [-0.05, 0) is 117 Å². The van der Waals surface area contributed by atoms with Crippen LogP contribution in [0.5, 0.6) is 0 Å². The minimum Gasteiger partial charge on any atom is -0.465 e. The average molecular weight is 510 g/mol. The van der Waals surface area contributed by atoms with Crippen molar-refractivity contribution >= 4 is 12.2 Å². The minimum absolute atomic E-state index is 0.0258. The van der Waals surface area contributed by atoms with Gasteiger partial charge >= 0.3 is 5.97 Å². The fraction of sp³-hybridized carbons (Fsp3) is 0.818. The van der Waals surface area contributed by atoms with Crippen LogP contribution in [0.4, 0.5) is 0 Å². The molecule has 1 N–H and O–H groups in total. The molecule has 5 fully saturated rings. The lowest BCUT2D eigenvalue weighted by Crippen LogP contribution is -2.66. The van der Waals surface area contributed by atoms with Crippen molar-refractivity contribution in [3.05, 3.63) is 24.3 Å². The highest BCUT2D eigenvalue weighted by atomic mass is 16.5. The monoisotopic (exact) mass is 509 g/mol. The third-order valence-electron chi connectivity index (χ3n) is 13.8. The van der Waals surface area contributed by atoms with Crippen LogP contribution in [0.1, 0.15) is 106 Å². The van der Waals surface area contributed by atoms with Crippen LogP contribution in [-0.2, 0) is 9.53 Å². The first-order valence-electron chi connectivity index (χ1n) is 14.9. The van der Waals surface area contributed by atoms with E-state index in [1.807, 2.05) is 6.21 Å². The molecule has 5 rings (SSSR count). The first-order valence-corrected chi connectivity index (χ1v) is 14.9. The summed E-state index contributed by atoms with van der Waals surface area (Å²) in [5.41, 5.74) is 3.23. The smallest absolute Gasteiger partial charge is 0.302 e. The molecule has 5 aliphatic rings. The van der Waals surface area contributed by atoms with E-state index in [4.69, 9.17) is 4.74 Å². The molecule has 0 aromatic carbocycles. The summed E-state index contributed by atoms with van der Waals surface area (Å²) in [6, 6.07) is 0. The van der Waals surface area contributed by atoms with Crippen LogP contribution < -0.4 is 0 Å². The van der Waals surface area contributed by atoms with E-state index >= 15 is 0 Å². The number of esters is 1. The number of carbonyl (C=O) groups is 1. The van der Waals surface area contributed by atoms with E-state index in [1.54, 1.807) is 0 Å². The van der Waals surface area contributed by atoms with E-state index in [2.05, 4.69) is 52.9 Å². The molecule has 0 spiro atoms. The molecule has 0 aromatic rings. The summed E-state index contributed by atoms with van der Waals surface area (Å²) in [7, 11) is 0. The van der Waals surface area contributed by atoms with Crippen LogP contribution in [0.3, 0.4) is 0 Å². The summed E-state index contributed by atoms with van der Waals surface area (Å²) in [6.45, 7) is 23.4.